The number of esters is 2. The summed E-state index contributed by atoms with van der Waals surface area (Å²) in [6.07, 6.45) is -2.85. The van der Waals surface area contributed by atoms with Crippen LogP contribution in [0, 0.1) is 47.8 Å². The van der Waals surface area contributed by atoms with Crippen molar-refractivity contribution in [2.24, 2.45) is 52.7 Å². The number of nitrogens with zero attached hydrogens (tertiary/aromatic N) is 4. The van der Waals surface area contributed by atoms with Crippen LogP contribution >= 0.6 is 32.9 Å². The third-order valence-corrected chi connectivity index (χ3v) is 29.7. The number of phenols is 1. The van der Waals surface area contributed by atoms with Crippen molar-refractivity contribution in [3.05, 3.63) is 117 Å². The van der Waals surface area contributed by atoms with E-state index in [0.717, 1.165) is 70.0 Å². The quantitative estimate of drug-likeness (QED) is 0.00371. The van der Waals surface area contributed by atoms with E-state index in [9.17, 15) is 100 Å². The van der Waals surface area contributed by atoms with Gasteiger partial charge in [-0.3, -0.25) is 82.3 Å². The number of alkyl carbamates (subject to hydrolysis) is 1. The number of carboxylic acids is 2. The molecule has 39 nitrogen and oxygen atoms in total. The third kappa shape index (κ3) is 46.7. The first kappa shape index (κ1) is 128. The average molecular weight is 2170 g/mol. The third-order valence-electron chi connectivity index (χ3n) is 26.4. The number of aromatic hydroxyl groups is 1. The predicted octanol–water partition coefficient (Wildman–Crippen LogP) is 10.9. The van der Waals surface area contributed by atoms with Crippen LogP contribution in [-0.2, 0) is 115 Å². The molecule has 2 aliphatic rings. The molecule has 2 aliphatic heterocycles. The molecule has 2 saturated heterocycles. The minimum atomic E-state index is -4.51. The summed E-state index contributed by atoms with van der Waals surface area (Å²) >= 11 is 1.04. The van der Waals surface area contributed by atoms with Crippen LogP contribution < -0.4 is 49.1 Å². The maximum Gasteiger partial charge on any atom is 0.416 e. The van der Waals surface area contributed by atoms with Crippen LogP contribution in [0.15, 0.2) is 78.2 Å². The number of rotatable bonds is 73. The zero-order valence-electron chi connectivity index (χ0n) is 87.7. The van der Waals surface area contributed by atoms with E-state index in [0.29, 0.717) is 74.6 Å². The summed E-state index contributed by atoms with van der Waals surface area (Å²) in [6.45, 7) is 16.1. The summed E-state index contributed by atoms with van der Waals surface area (Å²) in [5.74, 6) is -15.2. The topological polar surface area (TPSA) is 586 Å². The van der Waals surface area contributed by atoms with Gasteiger partial charge in [0.05, 0.1) is 87.7 Å². The van der Waals surface area contributed by atoms with Crippen LogP contribution in [-0.4, -0.2) is 281 Å². The highest BCUT2D eigenvalue weighted by atomic mass is 33.1. The van der Waals surface area contributed by atoms with E-state index in [1.54, 1.807) is 32.0 Å². The fourth-order valence-corrected chi connectivity index (χ4v) is 20.7. The molecule has 2 fully saturated rings. The number of hydrogen-bond acceptors (Lipinski definition) is 32. The van der Waals surface area contributed by atoms with Crippen LogP contribution in [0.25, 0.3) is 0 Å². The number of amides is 6. The molecule has 0 aliphatic carbocycles. The summed E-state index contributed by atoms with van der Waals surface area (Å²) in [5.41, 5.74) is 19.1. The highest BCUT2D eigenvalue weighted by molar-refractivity contribution is 8.76. The van der Waals surface area contributed by atoms with Gasteiger partial charge in [0, 0.05) is 118 Å². The van der Waals surface area contributed by atoms with Gasteiger partial charge in [-0.25, -0.2) is 14.6 Å². The molecule has 3 heterocycles. The Morgan fingerprint density at radius 2 is 1.41 bits per heavy atom. The van der Waals surface area contributed by atoms with Crippen molar-refractivity contribution in [1.29, 1.82) is 5.41 Å². The Morgan fingerprint density at radius 1 is 0.693 bits per heavy atom. The van der Waals surface area contributed by atoms with Crippen molar-refractivity contribution in [2.45, 2.75) is 296 Å². The van der Waals surface area contributed by atoms with E-state index in [1.807, 2.05) is 81.8 Å². The van der Waals surface area contributed by atoms with Crippen molar-refractivity contribution in [3.8, 4) is 5.75 Å². The Morgan fingerprint density at radius 3 is 2.07 bits per heavy atom. The minimum Gasteiger partial charge on any atom is -0.508 e. The van der Waals surface area contributed by atoms with Crippen LogP contribution in [0.5, 0.6) is 5.75 Å². The number of hydrogen-bond donors (Lipinski definition) is 13. The number of carboxylic acid groups (broad SMARTS) is 2. The van der Waals surface area contributed by atoms with Gasteiger partial charge in [0.2, 0.25) is 23.6 Å². The second-order valence-electron chi connectivity index (χ2n) is 38.9. The summed E-state index contributed by atoms with van der Waals surface area (Å²) in [7, 11) is 4.00. The zero-order chi connectivity index (χ0) is 111. The molecule has 834 valence electrons. The number of benzene rings is 3. The van der Waals surface area contributed by atoms with Gasteiger partial charge in [0.25, 0.3) is 5.91 Å². The van der Waals surface area contributed by atoms with E-state index in [1.165, 1.54) is 36.3 Å². The lowest BCUT2D eigenvalue weighted by molar-refractivity contribution is -0.162. The van der Waals surface area contributed by atoms with Crippen LogP contribution in [0.3, 0.4) is 0 Å². The smallest absolute Gasteiger partial charge is 0.416 e. The summed E-state index contributed by atoms with van der Waals surface area (Å²) < 4.78 is 75.7. The van der Waals surface area contributed by atoms with Crippen molar-refractivity contribution >= 4 is 133 Å². The van der Waals surface area contributed by atoms with E-state index in [-0.39, 0.29) is 217 Å². The number of halogens is 3. The number of phenolic OH excluding ortho intramolecular Hbond substituents is 1. The standard InChI is InChI=1S/C105H155F3N14O25S3/c1-11-23-94(133)146-63-122(101(138)80(66(6)12-2)56-89(129)85-29-17-19-40-120(85)10)86(64(3)4)57-92(147-69(9)123)100-119-83(61-148-100)99(137)116-76(52-70-31-33-77(124)34-32-70)50-67(7)90(130)58-114-104(141)144-46-47-149-150-62-84(102(139)140)118-96(134)68(8)115-98(136)81(110)35-36-87(127)82(28-16-18-38-109)117-97(135)74(55-93(131)132)54-88(128)73(26-20-39-113-103(111)112)53-78(125)37-43-143-45-44-142-42-22-27-79(126)59-121-41-21-30-91(95(121)72-24-14-13-15-25-72)145-60-71-48-65(5)49-75(51-71)105(106,107)108/h13-15,24-25,31-34,48-49,51,61,64,66-68,73-74,76,80-82,84-86,91-92,95,124H,11-12,16-23,26-30,35-47,50,52-60,62-63,109-110H2,1-10H3,(H,114,141)(H,115,136)(H,116,137)(H,117,135)(H,118,134)(H,131,132)(H,139,140)(H4,111,112,113)/t66-,67-,68-,73?,74-,76+,80?,81-,82?,84-,85?,86+,91-,92+,95-/m0/s1. The van der Waals surface area contributed by atoms with Crippen molar-refractivity contribution in [1.82, 2.24) is 51.6 Å². The monoisotopic (exact) mass is 2170 g/mol. The van der Waals surface area contributed by atoms with Crippen molar-refractivity contribution < 1.29 is 134 Å². The second kappa shape index (κ2) is 67.5. The van der Waals surface area contributed by atoms with Gasteiger partial charge in [-0.2, -0.15) is 13.2 Å². The van der Waals surface area contributed by atoms with Gasteiger partial charge >= 0.3 is 36.1 Å². The molecule has 16 N–H and O–H groups in total. The molecule has 0 saturated carbocycles. The van der Waals surface area contributed by atoms with Gasteiger partial charge < -0.3 is 97.7 Å². The Kier molecular flexibility index (Phi) is 57.5. The number of aromatic nitrogens is 1. The highest BCUT2D eigenvalue weighted by Crippen LogP contribution is 2.39. The van der Waals surface area contributed by atoms with E-state index >= 15 is 4.79 Å². The lowest BCUT2D eigenvalue weighted by Crippen LogP contribution is -2.54. The number of alkyl halides is 3. The van der Waals surface area contributed by atoms with Gasteiger partial charge in [-0.05, 0) is 183 Å². The van der Waals surface area contributed by atoms with Crippen LogP contribution in [0.4, 0.5) is 18.0 Å². The molecule has 0 spiro atoms. The number of ketones is 6. The normalized spacial score (nSPS) is 16.8. The lowest BCUT2D eigenvalue weighted by atomic mass is 9.82. The summed E-state index contributed by atoms with van der Waals surface area (Å²) in [5, 5.41) is 54.8. The number of carbonyl (C=O) groups excluding carboxylic acids is 14. The molecular formula is C105H155F3N14O25S3. The van der Waals surface area contributed by atoms with Crippen molar-refractivity contribution in [3.63, 3.8) is 0 Å². The lowest BCUT2D eigenvalue weighted by Gasteiger charge is -2.41. The SMILES string of the molecule is CCCC(=O)OCN(C(=O)C(CC(=O)C1CCCCN1C)[C@@H](C)CC)[C@H](C[C@@H](OC(C)=O)c1nc(C(=O)N[C@@H](Cc2ccc(O)cc2)C[C@H](C)C(=O)CNC(=O)OCCSSC[C@H](NC(=O)[C@H](C)NC(=O)[C@@H](N)CCC(=O)C(CCCCN)NC(=O)[C@H](CC(=O)O)CC(=O)C(CCCNC(=N)N)CC(=O)CCOCCOCCCC(=O)CN2CCC[C@H](OCc3cc(C)cc(C(F)(F)F)c3)[C@@H]2c2ccccc2)C(=O)O)cs1)C(C)C. The summed E-state index contributed by atoms with van der Waals surface area (Å²) in [4.78, 5) is 227. The van der Waals surface area contributed by atoms with Crippen molar-refractivity contribution in [2.75, 3.05) is 97.6 Å². The Balaban J connectivity index is 0.930. The number of unbranched alkanes of at least 4 members (excludes halogenated alkanes) is 1. The molecule has 4 aromatic rings. The molecule has 3 aromatic carbocycles. The summed E-state index contributed by atoms with van der Waals surface area (Å²) in [6, 6.07) is 11.9. The number of thiazole rings is 1. The molecule has 0 bridgehead atoms. The number of guanidine groups is 1. The van der Waals surface area contributed by atoms with Gasteiger partial charge in [0.15, 0.2) is 36.1 Å². The molecular weight excluding hydrogens is 2010 g/mol. The van der Waals surface area contributed by atoms with E-state index in [2.05, 4.69) is 36.9 Å². The number of nitrogens with one attached hydrogen (secondary N) is 7. The Hall–Kier alpha value is -10.9. The molecule has 150 heavy (non-hydrogen) atoms. The van der Waals surface area contributed by atoms with E-state index < -0.39 is 187 Å². The van der Waals surface area contributed by atoms with Gasteiger partial charge in [-0.1, -0.05) is 130 Å². The second-order valence-corrected chi connectivity index (χ2v) is 42.4. The first-order chi connectivity index (χ1) is 71.3. The first-order valence-electron chi connectivity index (χ1n) is 51.6. The minimum absolute atomic E-state index is 0.00929. The molecule has 15 atom stereocenters. The zero-order valence-corrected chi connectivity index (χ0v) is 90.2. The number of ether oxygens (including phenoxy) is 6. The number of Topliss-reactive ketones (excluding diaryl/α,β-unsaturated/α-hetero) is 6. The maximum atomic E-state index is 15.1. The van der Waals surface area contributed by atoms with Crippen LogP contribution in [0.1, 0.15) is 265 Å². The maximum absolute atomic E-state index is 15.1. The number of nitrogens with two attached hydrogens (primary N) is 3. The molecule has 45 heteroatoms. The molecule has 6 rings (SSSR count). The first-order valence-corrected chi connectivity index (χ1v) is 55.0. The largest absolute Gasteiger partial charge is 0.508 e. The number of piperidine rings is 2. The average Bonchev–Trinajstić information content (AvgIpc) is 0.870. The fourth-order valence-electron chi connectivity index (χ4n) is 17.9. The Labute approximate surface area is 887 Å². The molecule has 4 unspecified atom stereocenters. The van der Waals surface area contributed by atoms with E-state index in [4.69, 9.17) is 51.0 Å². The number of carbonyl (C=O) groups is 16. The molecule has 6 amide bonds. The highest BCUT2D eigenvalue weighted by Gasteiger charge is 2.43. The molecule has 0 radical (unpaired) electrons. The number of likely N-dealkylation sites (N-methyl/N-ethyl adjacent to an activating group) is 1. The van der Waals surface area contributed by atoms with Gasteiger partial charge in [-0.15, -0.1) is 11.3 Å². The number of aryl methyl sites for hydroxylation is 1. The van der Waals surface area contributed by atoms with Gasteiger partial charge in [0.1, 0.15) is 52.5 Å². The Bertz CT molecular complexity index is 5030. The number of aliphatic carboxylic acids is 2. The fraction of sp³-hybridized carbons (Fsp3) is 0.638. The number of likely N-dealkylation sites (tertiary alicyclic amines) is 2. The predicted molar refractivity (Wildman–Crippen MR) is 559 cm³/mol. The van der Waals surface area contributed by atoms with Crippen LogP contribution in [0.2, 0.25) is 0 Å². The molecule has 1 aromatic heterocycles.